The molecule has 2 unspecified atom stereocenters. The Bertz CT molecular complexity index is 534. The van der Waals surface area contributed by atoms with E-state index in [0.29, 0.717) is 16.5 Å². The van der Waals surface area contributed by atoms with Gasteiger partial charge in [-0.3, -0.25) is 4.79 Å². The lowest BCUT2D eigenvalue weighted by atomic mass is 10.0. The molecule has 0 aliphatic carbocycles. The van der Waals surface area contributed by atoms with Gasteiger partial charge in [-0.25, -0.2) is 0 Å². The van der Waals surface area contributed by atoms with Crippen LogP contribution >= 0.6 is 0 Å². The van der Waals surface area contributed by atoms with Gasteiger partial charge in [-0.15, -0.1) is 0 Å². The third kappa shape index (κ3) is 2.08. The summed E-state index contributed by atoms with van der Waals surface area (Å²) < 4.78 is 0. The number of aliphatic hydroxyl groups excluding tert-OH is 3. The van der Waals surface area contributed by atoms with Crippen molar-refractivity contribution in [1.82, 2.24) is 4.98 Å². The summed E-state index contributed by atoms with van der Waals surface area (Å²) in [6.45, 7) is -0.521. The zero-order valence-corrected chi connectivity index (χ0v) is 9.00. The maximum Gasteiger partial charge on any atom is 0.152 e. The van der Waals surface area contributed by atoms with E-state index in [1.807, 2.05) is 0 Å². The predicted molar refractivity (Wildman–Crippen MR) is 61.7 cm³/mol. The van der Waals surface area contributed by atoms with E-state index in [4.69, 9.17) is 5.11 Å². The molecule has 17 heavy (non-hydrogen) atoms. The minimum absolute atomic E-state index is 0.460. The van der Waals surface area contributed by atoms with Gasteiger partial charge in [-0.1, -0.05) is 6.07 Å². The Morgan fingerprint density at radius 1 is 1.35 bits per heavy atom. The number of aromatic nitrogens is 1. The molecule has 0 fully saturated rings. The van der Waals surface area contributed by atoms with Crippen molar-refractivity contribution < 1.29 is 20.1 Å². The second kappa shape index (κ2) is 4.67. The Morgan fingerprint density at radius 3 is 2.76 bits per heavy atom. The van der Waals surface area contributed by atoms with E-state index < -0.39 is 18.8 Å². The number of benzene rings is 1. The molecule has 2 aromatic rings. The van der Waals surface area contributed by atoms with E-state index in [2.05, 4.69) is 4.98 Å². The van der Waals surface area contributed by atoms with Crippen LogP contribution in [0.15, 0.2) is 24.4 Å². The number of aromatic amines is 1. The van der Waals surface area contributed by atoms with Gasteiger partial charge in [-0.05, 0) is 17.7 Å². The molecule has 1 aromatic carbocycles. The summed E-state index contributed by atoms with van der Waals surface area (Å²) in [6.07, 6.45) is -0.0989. The molecule has 0 spiro atoms. The lowest BCUT2D eigenvalue weighted by Crippen LogP contribution is -2.21. The van der Waals surface area contributed by atoms with Crippen molar-refractivity contribution in [2.75, 3.05) is 6.61 Å². The van der Waals surface area contributed by atoms with Gasteiger partial charge >= 0.3 is 0 Å². The standard InChI is InChI=1S/C12H13NO4/c14-5-8-4-13-10-2-1-7(3-9(8)10)12(17)11(16)6-15/h1-5,11-13,15-17H,6H2. The van der Waals surface area contributed by atoms with E-state index in [1.165, 1.54) is 0 Å². The minimum Gasteiger partial charge on any atom is -0.394 e. The van der Waals surface area contributed by atoms with Crippen molar-refractivity contribution in [3.63, 3.8) is 0 Å². The van der Waals surface area contributed by atoms with E-state index in [0.717, 1.165) is 11.8 Å². The van der Waals surface area contributed by atoms with Crippen LogP contribution < -0.4 is 0 Å². The molecule has 0 aliphatic rings. The number of hydrogen-bond acceptors (Lipinski definition) is 4. The van der Waals surface area contributed by atoms with E-state index in [1.54, 1.807) is 24.4 Å². The van der Waals surface area contributed by atoms with Gasteiger partial charge in [-0.2, -0.15) is 0 Å². The fourth-order valence-electron chi connectivity index (χ4n) is 1.76. The lowest BCUT2D eigenvalue weighted by molar-refractivity contribution is -0.0152. The largest absolute Gasteiger partial charge is 0.394 e. The Morgan fingerprint density at radius 2 is 2.12 bits per heavy atom. The Labute approximate surface area is 97.3 Å². The van der Waals surface area contributed by atoms with Crippen molar-refractivity contribution in [3.8, 4) is 0 Å². The van der Waals surface area contributed by atoms with Gasteiger partial charge < -0.3 is 20.3 Å². The molecule has 0 radical (unpaired) electrons. The summed E-state index contributed by atoms with van der Waals surface area (Å²) >= 11 is 0. The van der Waals surface area contributed by atoms with Crippen molar-refractivity contribution >= 4 is 17.2 Å². The number of aldehydes is 1. The zero-order valence-electron chi connectivity index (χ0n) is 9.00. The molecule has 5 heteroatoms. The first-order valence-corrected chi connectivity index (χ1v) is 5.20. The molecule has 5 nitrogen and oxygen atoms in total. The van der Waals surface area contributed by atoms with Crippen molar-refractivity contribution in [2.45, 2.75) is 12.2 Å². The summed E-state index contributed by atoms with van der Waals surface area (Å²) in [6, 6.07) is 4.97. The summed E-state index contributed by atoms with van der Waals surface area (Å²) in [4.78, 5) is 13.7. The number of carbonyl (C=O) groups is 1. The first kappa shape index (κ1) is 11.8. The molecular weight excluding hydrogens is 222 g/mol. The molecule has 0 aliphatic heterocycles. The highest BCUT2D eigenvalue weighted by atomic mass is 16.4. The second-order valence-corrected chi connectivity index (χ2v) is 3.86. The molecule has 4 N–H and O–H groups in total. The predicted octanol–water partition coefficient (Wildman–Crippen LogP) is 0.367. The van der Waals surface area contributed by atoms with Crippen LogP contribution in [0.1, 0.15) is 22.0 Å². The maximum absolute atomic E-state index is 10.8. The van der Waals surface area contributed by atoms with E-state index in [-0.39, 0.29) is 0 Å². The molecule has 1 aromatic heterocycles. The summed E-state index contributed by atoms with van der Waals surface area (Å²) in [7, 11) is 0. The molecule has 0 saturated heterocycles. The highest BCUT2D eigenvalue weighted by Crippen LogP contribution is 2.24. The molecule has 2 rings (SSSR count). The molecule has 1 heterocycles. The molecule has 2 atom stereocenters. The lowest BCUT2D eigenvalue weighted by Gasteiger charge is -2.15. The van der Waals surface area contributed by atoms with Crippen LogP contribution in [0.5, 0.6) is 0 Å². The van der Waals surface area contributed by atoms with Gasteiger partial charge in [0.15, 0.2) is 6.29 Å². The van der Waals surface area contributed by atoms with E-state index in [9.17, 15) is 15.0 Å². The normalized spacial score (nSPS) is 14.8. The van der Waals surface area contributed by atoms with Crippen molar-refractivity contribution in [1.29, 1.82) is 0 Å². The van der Waals surface area contributed by atoms with Gasteiger partial charge in [0.1, 0.15) is 12.2 Å². The van der Waals surface area contributed by atoms with Crippen LogP contribution in [0.4, 0.5) is 0 Å². The molecular formula is C12H13NO4. The van der Waals surface area contributed by atoms with Crippen LogP contribution in [0, 0.1) is 0 Å². The maximum atomic E-state index is 10.8. The monoisotopic (exact) mass is 235 g/mol. The quantitative estimate of drug-likeness (QED) is 0.576. The Balaban J connectivity index is 2.45. The Kier molecular flexibility index (Phi) is 3.23. The van der Waals surface area contributed by atoms with Crippen LogP contribution in [-0.4, -0.2) is 39.3 Å². The zero-order chi connectivity index (χ0) is 12.4. The number of rotatable bonds is 4. The smallest absolute Gasteiger partial charge is 0.152 e. The number of H-pyrrole nitrogens is 1. The summed E-state index contributed by atoms with van der Waals surface area (Å²) in [5, 5.41) is 28.5. The van der Waals surface area contributed by atoms with Crippen LogP contribution in [0.2, 0.25) is 0 Å². The van der Waals surface area contributed by atoms with Crippen LogP contribution in [0.25, 0.3) is 10.9 Å². The third-order valence-electron chi connectivity index (χ3n) is 2.76. The van der Waals surface area contributed by atoms with Crippen LogP contribution in [-0.2, 0) is 0 Å². The van der Waals surface area contributed by atoms with Crippen LogP contribution in [0.3, 0.4) is 0 Å². The fourth-order valence-corrected chi connectivity index (χ4v) is 1.76. The molecule has 0 amide bonds. The first-order chi connectivity index (χ1) is 8.17. The average molecular weight is 235 g/mol. The SMILES string of the molecule is O=Cc1c[nH]c2ccc(C(O)C(O)CO)cc12. The number of aliphatic hydroxyl groups is 3. The fraction of sp³-hybridized carbons (Fsp3) is 0.250. The molecule has 0 saturated carbocycles. The highest BCUT2D eigenvalue weighted by molar-refractivity contribution is 5.97. The molecule has 90 valence electrons. The summed E-state index contributed by atoms with van der Waals surface area (Å²) in [5.41, 5.74) is 1.73. The number of fused-ring (bicyclic) bond motifs is 1. The Hall–Kier alpha value is -1.69. The highest BCUT2D eigenvalue weighted by Gasteiger charge is 2.18. The summed E-state index contributed by atoms with van der Waals surface area (Å²) in [5.74, 6) is 0. The number of nitrogens with one attached hydrogen (secondary N) is 1. The topological polar surface area (TPSA) is 93.6 Å². The first-order valence-electron chi connectivity index (χ1n) is 5.20. The average Bonchev–Trinajstić information content (AvgIpc) is 2.78. The van der Waals surface area contributed by atoms with Gasteiger partial charge in [0.2, 0.25) is 0 Å². The van der Waals surface area contributed by atoms with Gasteiger partial charge in [0, 0.05) is 22.7 Å². The van der Waals surface area contributed by atoms with Crippen molar-refractivity contribution in [2.24, 2.45) is 0 Å². The number of hydrogen-bond donors (Lipinski definition) is 4. The third-order valence-corrected chi connectivity index (χ3v) is 2.76. The molecule has 0 bridgehead atoms. The van der Waals surface area contributed by atoms with Crippen molar-refractivity contribution in [3.05, 3.63) is 35.5 Å². The number of carbonyl (C=O) groups excluding carboxylic acids is 1. The second-order valence-electron chi connectivity index (χ2n) is 3.86. The van der Waals surface area contributed by atoms with E-state index >= 15 is 0 Å². The minimum atomic E-state index is -1.23. The van der Waals surface area contributed by atoms with Gasteiger partial charge in [0.25, 0.3) is 0 Å². The van der Waals surface area contributed by atoms with Gasteiger partial charge in [0.05, 0.1) is 6.61 Å².